The number of halogens is 1. The van der Waals surface area contributed by atoms with Gasteiger partial charge < -0.3 is 4.74 Å². The summed E-state index contributed by atoms with van der Waals surface area (Å²) >= 11 is 6.26. The maximum absolute atomic E-state index is 12.6. The molecular weight excluding hydrogens is 402 g/mol. The first-order valence-corrected chi connectivity index (χ1v) is 10.4. The molecule has 3 aromatic rings. The van der Waals surface area contributed by atoms with E-state index >= 15 is 0 Å². The number of non-ortho nitro benzene ring substituents is 1. The number of alkyl halides is 1. The van der Waals surface area contributed by atoms with Crippen molar-refractivity contribution in [2.45, 2.75) is 10.3 Å². The van der Waals surface area contributed by atoms with Crippen LogP contribution in [0.3, 0.4) is 0 Å². The van der Waals surface area contributed by atoms with Crippen LogP contribution in [0.5, 0.6) is 11.5 Å². The molecule has 0 aromatic heterocycles. The molecule has 0 fully saturated rings. The molecule has 6 nitrogen and oxygen atoms in total. The molecule has 0 spiro atoms. The molecule has 0 heterocycles. The molecule has 1 unspecified atom stereocenters. The number of sulfone groups is 1. The Morgan fingerprint density at radius 2 is 1.43 bits per heavy atom. The third-order valence-electron chi connectivity index (χ3n) is 3.99. The molecule has 0 bridgehead atoms. The first kappa shape index (κ1) is 19.9. The average molecular weight is 418 g/mol. The smallest absolute Gasteiger partial charge is 0.269 e. The molecule has 0 N–H and O–H groups in total. The first-order chi connectivity index (χ1) is 13.3. The van der Waals surface area contributed by atoms with Gasteiger partial charge in [-0.2, -0.15) is 0 Å². The van der Waals surface area contributed by atoms with Crippen molar-refractivity contribution in [1.29, 1.82) is 0 Å². The molecule has 0 saturated carbocycles. The molecule has 28 heavy (non-hydrogen) atoms. The zero-order valence-corrected chi connectivity index (χ0v) is 16.1. The Bertz CT molecular complexity index is 1050. The summed E-state index contributed by atoms with van der Waals surface area (Å²) in [4.78, 5) is 10.3. The van der Waals surface area contributed by atoms with Gasteiger partial charge in [-0.3, -0.25) is 10.1 Å². The van der Waals surface area contributed by atoms with E-state index in [-0.39, 0.29) is 16.3 Å². The van der Waals surface area contributed by atoms with Crippen LogP contribution in [0.2, 0.25) is 0 Å². The average Bonchev–Trinajstić information content (AvgIpc) is 2.69. The summed E-state index contributed by atoms with van der Waals surface area (Å²) in [6.45, 7) is 0. The van der Waals surface area contributed by atoms with Gasteiger partial charge in [0.25, 0.3) is 5.69 Å². The van der Waals surface area contributed by atoms with Crippen molar-refractivity contribution in [2.24, 2.45) is 0 Å². The maximum Gasteiger partial charge on any atom is 0.269 e. The summed E-state index contributed by atoms with van der Waals surface area (Å²) in [5.74, 6) is 0.602. The van der Waals surface area contributed by atoms with Crippen molar-refractivity contribution in [3.63, 3.8) is 0 Å². The van der Waals surface area contributed by atoms with Crippen LogP contribution in [-0.2, 0) is 9.84 Å². The molecule has 0 aliphatic rings. The van der Waals surface area contributed by atoms with Crippen molar-refractivity contribution in [3.05, 3.63) is 94.5 Å². The summed E-state index contributed by atoms with van der Waals surface area (Å²) in [5, 5.41) is 10.0. The fourth-order valence-electron chi connectivity index (χ4n) is 2.53. The maximum atomic E-state index is 12.6. The molecule has 0 aliphatic carbocycles. The van der Waals surface area contributed by atoms with Crippen molar-refractivity contribution in [2.75, 3.05) is 5.75 Å². The van der Waals surface area contributed by atoms with E-state index in [0.717, 1.165) is 5.56 Å². The number of nitrogens with zero attached hydrogens (tertiary/aromatic N) is 1. The van der Waals surface area contributed by atoms with Gasteiger partial charge in [-0.15, -0.1) is 11.6 Å². The minimum Gasteiger partial charge on any atom is -0.457 e. The van der Waals surface area contributed by atoms with E-state index in [0.29, 0.717) is 11.5 Å². The topological polar surface area (TPSA) is 86.5 Å². The van der Waals surface area contributed by atoms with Crippen molar-refractivity contribution >= 4 is 27.1 Å². The summed E-state index contributed by atoms with van der Waals surface area (Å²) in [5.41, 5.74) is 0.703. The molecule has 0 saturated heterocycles. The lowest BCUT2D eigenvalue weighted by Crippen LogP contribution is -2.11. The van der Waals surface area contributed by atoms with Crippen LogP contribution in [0.4, 0.5) is 5.69 Å². The minimum atomic E-state index is -3.57. The highest BCUT2D eigenvalue weighted by Crippen LogP contribution is 2.28. The predicted molar refractivity (Wildman–Crippen MR) is 107 cm³/mol. The number of nitro groups is 1. The van der Waals surface area contributed by atoms with E-state index in [9.17, 15) is 18.5 Å². The molecule has 1 atom stereocenters. The molecule has 3 rings (SSSR count). The lowest BCUT2D eigenvalue weighted by atomic mass is 10.2. The van der Waals surface area contributed by atoms with Gasteiger partial charge in [-0.05, 0) is 42.0 Å². The largest absolute Gasteiger partial charge is 0.457 e. The molecular formula is C20H16ClNO5S. The second-order valence-electron chi connectivity index (χ2n) is 5.98. The molecule has 8 heteroatoms. The van der Waals surface area contributed by atoms with Crippen molar-refractivity contribution in [1.82, 2.24) is 0 Å². The molecule has 0 amide bonds. The lowest BCUT2D eigenvalue weighted by Gasteiger charge is -2.11. The predicted octanol–water partition coefficient (Wildman–Crippen LogP) is 5.14. The Labute approximate surface area is 167 Å². The number of rotatable bonds is 7. The first-order valence-electron chi connectivity index (χ1n) is 8.29. The Morgan fingerprint density at radius 1 is 0.893 bits per heavy atom. The van der Waals surface area contributed by atoms with Crippen molar-refractivity contribution in [3.8, 4) is 11.5 Å². The van der Waals surface area contributed by atoms with Crippen LogP contribution in [0.15, 0.2) is 83.8 Å². The highest BCUT2D eigenvalue weighted by atomic mass is 35.5. The zero-order valence-electron chi connectivity index (χ0n) is 14.6. The molecule has 0 aliphatic heterocycles. The summed E-state index contributed by atoms with van der Waals surface area (Å²) in [6, 6.07) is 20.6. The number of hydrogen-bond acceptors (Lipinski definition) is 5. The second-order valence-corrected chi connectivity index (χ2v) is 8.55. The Morgan fingerprint density at radius 3 is 1.96 bits per heavy atom. The Kier molecular flexibility index (Phi) is 5.96. The van der Waals surface area contributed by atoms with Gasteiger partial charge in [-0.1, -0.05) is 30.3 Å². The van der Waals surface area contributed by atoms with Gasteiger partial charge in [0, 0.05) is 12.1 Å². The van der Waals surface area contributed by atoms with Crippen LogP contribution >= 0.6 is 11.6 Å². The van der Waals surface area contributed by atoms with E-state index < -0.39 is 20.1 Å². The standard InChI is InChI=1S/C20H16ClNO5S/c21-20(15-4-2-1-3-5-15)14-28(25,26)19-12-10-18(11-13-19)27-17-8-6-16(7-9-17)22(23)24/h1-13,20H,14H2. The Balaban J connectivity index is 1.69. The quantitative estimate of drug-likeness (QED) is 0.301. The van der Waals surface area contributed by atoms with Gasteiger partial charge >= 0.3 is 0 Å². The van der Waals surface area contributed by atoms with E-state index in [2.05, 4.69) is 0 Å². The molecule has 0 radical (unpaired) electrons. The Hall–Kier alpha value is -2.90. The van der Waals surface area contributed by atoms with Crippen LogP contribution in [0, 0.1) is 10.1 Å². The van der Waals surface area contributed by atoms with Gasteiger partial charge in [0.05, 0.1) is 20.9 Å². The van der Waals surface area contributed by atoms with E-state index in [1.807, 2.05) is 18.2 Å². The summed E-state index contributed by atoms with van der Waals surface area (Å²) in [6.07, 6.45) is 0. The number of hydrogen-bond donors (Lipinski definition) is 0. The highest BCUT2D eigenvalue weighted by molar-refractivity contribution is 7.91. The van der Waals surface area contributed by atoms with Crippen molar-refractivity contribution < 1.29 is 18.1 Å². The summed E-state index contributed by atoms with van der Waals surface area (Å²) in [7, 11) is -3.57. The number of nitro benzene ring substituents is 1. The zero-order chi connectivity index (χ0) is 20.1. The number of ether oxygens (including phenoxy) is 1. The van der Waals surface area contributed by atoms with Crippen LogP contribution in [-0.4, -0.2) is 19.1 Å². The normalized spacial score (nSPS) is 12.3. The van der Waals surface area contributed by atoms with Gasteiger partial charge in [0.1, 0.15) is 11.5 Å². The third kappa shape index (κ3) is 4.88. The van der Waals surface area contributed by atoms with Crippen LogP contribution < -0.4 is 4.74 Å². The molecule has 3 aromatic carbocycles. The summed E-state index contributed by atoms with van der Waals surface area (Å²) < 4.78 is 30.8. The highest BCUT2D eigenvalue weighted by Gasteiger charge is 2.21. The third-order valence-corrected chi connectivity index (χ3v) is 6.34. The second kappa shape index (κ2) is 8.41. The van der Waals surface area contributed by atoms with Crippen LogP contribution in [0.25, 0.3) is 0 Å². The minimum absolute atomic E-state index is 0.0390. The van der Waals surface area contributed by atoms with Gasteiger partial charge in [0.15, 0.2) is 9.84 Å². The number of benzene rings is 3. The van der Waals surface area contributed by atoms with Gasteiger partial charge in [-0.25, -0.2) is 8.42 Å². The van der Waals surface area contributed by atoms with E-state index in [1.165, 1.54) is 48.5 Å². The van der Waals surface area contributed by atoms with Crippen LogP contribution in [0.1, 0.15) is 10.9 Å². The van der Waals surface area contributed by atoms with Gasteiger partial charge in [0.2, 0.25) is 0 Å². The fourth-order valence-corrected chi connectivity index (χ4v) is 4.50. The lowest BCUT2D eigenvalue weighted by molar-refractivity contribution is -0.384. The van der Waals surface area contributed by atoms with E-state index in [1.54, 1.807) is 12.1 Å². The molecule has 144 valence electrons. The van der Waals surface area contributed by atoms with E-state index in [4.69, 9.17) is 16.3 Å². The fraction of sp³-hybridized carbons (Fsp3) is 0.100. The SMILES string of the molecule is O=[N+]([O-])c1ccc(Oc2ccc(S(=O)(=O)CC(Cl)c3ccccc3)cc2)cc1. The monoisotopic (exact) mass is 417 g/mol.